The molecule has 0 rings (SSSR count). The number of hydrogen-bond donors (Lipinski definition) is 3. The van der Waals surface area contributed by atoms with Gasteiger partial charge in [0.2, 0.25) is 0 Å². The van der Waals surface area contributed by atoms with Gasteiger partial charge in [-0.1, -0.05) is 0 Å². The van der Waals surface area contributed by atoms with E-state index in [1.807, 2.05) is 0 Å². The number of amides is 1. The van der Waals surface area contributed by atoms with Crippen LogP contribution in [0.3, 0.4) is 0 Å². The Kier molecular flexibility index (Phi) is 1.72. The molecule has 0 unspecified atom stereocenters. The summed E-state index contributed by atoms with van der Waals surface area (Å²) in [5.74, 6) is -0.692. The fourth-order valence-electron chi connectivity index (χ4n) is 0.0821. The minimum atomic E-state index is -0.692. The molecule has 0 saturated carbocycles. The van der Waals surface area contributed by atoms with E-state index in [-0.39, 0.29) is 5.70 Å². The molecule has 0 aromatic rings. The Morgan fingerprint density at radius 3 is 1.86 bits per heavy atom. The normalized spacial score (nSPS) is 11.1. The maximum absolute atomic E-state index is 9.88. The Balaban J connectivity index is 3.82. The van der Waals surface area contributed by atoms with E-state index in [2.05, 4.69) is 5.73 Å². The zero-order chi connectivity index (χ0) is 5.86. The molecule has 7 heavy (non-hydrogen) atoms. The van der Waals surface area contributed by atoms with Gasteiger partial charge < -0.3 is 17.2 Å². The first kappa shape index (κ1) is 5.81. The van der Waals surface area contributed by atoms with Crippen LogP contribution in [0, 0.1) is 0 Å². The summed E-state index contributed by atoms with van der Waals surface area (Å²) in [6, 6.07) is 0. The number of hydrogen-bond acceptors (Lipinski definition) is 3. The van der Waals surface area contributed by atoms with Gasteiger partial charge >= 0.3 is 0 Å². The van der Waals surface area contributed by atoms with Crippen molar-refractivity contribution in [1.29, 1.82) is 0 Å². The van der Waals surface area contributed by atoms with Crippen LogP contribution in [0.5, 0.6) is 0 Å². The second-order valence-electron chi connectivity index (χ2n) is 0.986. The summed E-state index contributed by atoms with van der Waals surface area (Å²) in [7, 11) is 0. The summed E-state index contributed by atoms with van der Waals surface area (Å²) < 4.78 is 0. The number of nitrogens with two attached hydrogens (primary N) is 3. The second-order valence-corrected chi connectivity index (χ2v) is 0.986. The van der Waals surface area contributed by atoms with Gasteiger partial charge in [-0.05, 0) is 0 Å². The summed E-state index contributed by atoms with van der Waals surface area (Å²) in [5, 5.41) is 0. The van der Waals surface area contributed by atoms with Crippen LogP contribution in [-0.4, -0.2) is 5.91 Å². The van der Waals surface area contributed by atoms with Gasteiger partial charge in [-0.2, -0.15) is 0 Å². The molecule has 0 aromatic carbocycles. The fourth-order valence-corrected chi connectivity index (χ4v) is 0.0821. The van der Waals surface area contributed by atoms with Crippen LogP contribution in [0.1, 0.15) is 0 Å². The highest BCUT2D eigenvalue weighted by Gasteiger charge is 1.91. The zero-order valence-electron chi connectivity index (χ0n) is 3.72. The summed E-state index contributed by atoms with van der Waals surface area (Å²) in [6.45, 7) is 0. The maximum atomic E-state index is 9.88. The molecule has 40 valence electrons. The van der Waals surface area contributed by atoms with E-state index in [1.54, 1.807) is 0 Å². The molecule has 4 nitrogen and oxygen atoms in total. The molecule has 0 aliphatic rings. The minimum Gasteiger partial charge on any atom is -0.403 e. The van der Waals surface area contributed by atoms with Crippen LogP contribution in [-0.2, 0) is 4.79 Å². The van der Waals surface area contributed by atoms with Gasteiger partial charge in [0.05, 0.1) is 0 Å². The molecule has 0 bridgehead atoms. The summed E-state index contributed by atoms with van der Waals surface area (Å²) in [4.78, 5) is 9.88. The standard InChI is InChI=1S/C3H7N3O/c4-1-2(5)3(6)7/h1H,4-5H2,(H2,6,7). The average Bonchev–Trinajstić information content (AvgIpc) is 1.65. The van der Waals surface area contributed by atoms with Crippen molar-refractivity contribution in [3.8, 4) is 0 Å². The first-order valence-corrected chi connectivity index (χ1v) is 1.65. The summed E-state index contributed by atoms with van der Waals surface area (Å²) in [6.07, 6.45) is 0.961. The molecule has 4 heteroatoms. The molecule has 6 N–H and O–H groups in total. The predicted molar refractivity (Wildman–Crippen MR) is 25.7 cm³/mol. The lowest BCUT2D eigenvalue weighted by Gasteiger charge is -1.86. The molecule has 0 fully saturated rings. The van der Waals surface area contributed by atoms with Gasteiger partial charge in [0.1, 0.15) is 5.70 Å². The second kappa shape index (κ2) is 2.07. The van der Waals surface area contributed by atoms with Crippen LogP contribution >= 0.6 is 0 Å². The quantitative estimate of drug-likeness (QED) is 0.341. The number of carbonyl (C=O) groups is 1. The highest BCUT2D eigenvalue weighted by atomic mass is 16.1. The fraction of sp³-hybridized carbons (Fsp3) is 0. The highest BCUT2D eigenvalue weighted by molar-refractivity contribution is 5.90. The van der Waals surface area contributed by atoms with Crippen LogP contribution in [0.2, 0.25) is 0 Å². The van der Waals surface area contributed by atoms with Crippen LogP contribution in [0.25, 0.3) is 0 Å². The van der Waals surface area contributed by atoms with Gasteiger partial charge in [0, 0.05) is 6.20 Å². The molecule has 0 heterocycles. The van der Waals surface area contributed by atoms with Crippen molar-refractivity contribution in [1.82, 2.24) is 0 Å². The topological polar surface area (TPSA) is 95.1 Å². The number of primary amides is 1. The maximum Gasteiger partial charge on any atom is 0.266 e. The molecule has 0 aliphatic carbocycles. The van der Waals surface area contributed by atoms with Crippen molar-refractivity contribution in [2.75, 3.05) is 0 Å². The molecule has 0 atom stereocenters. The SMILES string of the molecule is NC=C(N)C(N)=O. The van der Waals surface area contributed by atoms with Gasteiger partial charge in [-0.15, -0.1) is 0 Å². The van der Waals surface area contributed by atoms with Crippen molar-refractivity contribution in [3.63, 3.8) is 0 Å². The first-order valence-electron chi connectivity index (χ1n) is 1.65. The third-order valence-corrected chi connectivity index (χ3v) is 0.464. The monoisotopic (exact) mass is 101 g/mol. The van der Waals surface area contributed by atoms with Crippen molar-refractivity contribution >= 4 is 5.91 Å². The van der Waals surface area contributed by atoms with E-state index in [0.29, 0.717) is 0 Å². The van der Waals surface area contributed by atoms with Crippen molar-refractivity contribution in [3.05, 3.63) is 11.9 Å². The lowest BCUT2D eigenvalue weighted by atomic mass is 10.5. The van der Waals surface area contributed by atoms with E-state index >= 15 is 0 Å². The third kappa shape index (κ3) is 1.64. The molecular weight excluding hydrogens is 94.1 g/mol. The summed E-state index contributed by atoms with van der Waals surface area (Å²) in [5.41, 5.74) is 14.2. The lowest BCUT2D eigenvalue weighted by molar-refractivity contribution is -0.114. The van der Waals surface area contributed by atoms with Crippen molar-refractivity contribution in [2.24, 2.45) is 17.2 Å². The molecule has 0 saturated heterocycles. The highest BCUT2D eigenvalue weighted by Crippen LogP contribution is 1.70. The lowest BCUT2D eigenvalue weighted by Crippen LogP contribution is -2.20. The largest absolute Gasteiger partial charge is 0.403 e. The Labute approximate surface area is 41.0 Å². The van der Waals surface area contributed by atoms with Crippen LogP contribution < -0.4 is 17.2 Å². The molecular formula is C3H7N3O. The van der Waals surface area contributed by atoms with Gasteiger partial charge in [-0.25, -0.2) is 0 Å². The zero-order valence-corrected chi connectivity index (χ0v) is 3.72. The van der Waals surface area contributed by atoms with E-state index in [1.165, 1.54) is 0 Å². The van der Waals surface area contributed by atoms with Crippen molar-refractivity contribution < 1.29 is 4.79 Å². The van der Waals surface area contributed by atoms with E-state index in [0.717, 1.165) is 6.20 Å². The number of rotatable bonds is 1. The number of carbonyl (C=O) groups excluding carboxylic acids is 1. The Morgan fingerprint density at radius 2 is 1.86 bits per heavy atom. The Hall–Kier alpha value is -1.19. The average molecular weight is 101 g/mol. The van der Waals surface area contributed by atoms with Crippen LogP contribution in [0.15, 0.2) is 11.9 Å². The molecule has 1 amide bonds. The molecule has 0 aliphatic heterocycles. The van der Waals surface area contributed by atoms with E-state index in [4.69, 9.17) is 11.5 Å². The van der Waals surface area contributed by atoms with Gasteiger partial charge in [-0.3, -0.25) is 4.79 Å². The Bertz CT molecular complexity index is 107. The molecule has 0 aromatic heterocycles. The first-order chi connectivity index (χ1) is 3.18. The van der Waals surface area contributed by atoms with E-state index < -0.39 is 5.91 Å². The van der Waals surface area contributed by atoms with Gasteiger partial charge in [0.15, 0.2) is 0 Å². The van der Waals surface area contributed by atoms with Gasteiger partial charge in [0.25, 0.3) is 5.91 Å². The third-order valence-electron chi connectivity index (χ3n) is 0.464. The Morgan fingerprint density at radius 1 is 1.43 bits per heavy atom. The molecule has 0 spiro atoms. The van der Waals surface area contributed by atoms with E-state index in [9.17, 15) is 4.79 Å². The van der Waals surface area contributed by atoms with Crippen LogP contribution in [0.4, 0.5) is 0 Å². The smallest absolute Gasteiger partial charge is 0.266 e. The minimum absolute atomic E-state index is 0.111. The summed E-state index contributed by atoms with van der Waals surface area (Å²) >= 11 is 0. The molecule has 0 radical (unpaired) electrons. The van der Waals surface area contributed by atoms with Crippen molar-refractivity contribution in [2.45, 2.75) is 0 Å². The predicted octanol–water partition coefficient (Wildman–Crippen LogP) is -1.77.